The highest BCUT2D eigenvalue weighted by Crippen LogP contribution is 2.01. The van der Waals surface area contributed by atoms with Crippen molar-refractivity contribution >= 4 is 11.9 Å². The summed E-state index contributed by atoms with van der Waals surface area (Å²) in [5, 5.41) is 0. The van der Waals surface area contributed by atoms with Crippen LogP contribution in [-0.2, 0) is 19.1 Å². The minimum atomic E-state index is -0.341. The van der Waals surface area contributed by atoms with Crippen molar-refractivity contribution < 1.29 is 19.1 Å². The molecule has 0 radical (unpaired) electrons. The highest BCUT2D eigenvalue weighted by molar-refractivity contribution is 5.82. The molecular weight excluding hydrogens is 346 g/mol. The van der Waals surface area contributed by atoms with Gasteiger partial charge in [0.2, 0.25) is 0 Å². The molecule has 1 aliphatic rings. The van der Waals surface area contributed by atoms with Crippen molar-refractivity contribution in [1.29, 1.82) is 0 Å². The van der Waals surface area contributed by atoms with E-state index in [4.69, 9.17) is 9.47 Å². The lowest BCUT2D eigenvalue weighted by molar-refractivity contribution is -0.140. The van der Waals surface area contributed by atoms with Gasteiger partial charge in [-0.1, -0.05) is 6.08 Å². The third-order valence-electron chi connectivity index (χ3n) is 4.38. The number of carbonyl (C=O) groups excluding carboxylic acids is 2. The summed E-state index contributed by atoms with van der Waals surface area (Å²) in [6, 6.07) is 0. The Balaban J connectivity index is 2.01. The van der Waals surface area contributed by atoms with Crippen LogP contribution in [0, 0.1) is 0 Å². The minimum Gasteiger partial charge on any atom is -0.463 e. The fourth-order valence-corrected chi connectivity index (χ4v) is 2.66. The molecule has 0 aromatic carbocycles. The first-order valence-electron chi connectivity index (χ1n) is 9.77. The number of hydrogen-bond donors (Lipinski definition) is 0. The number of ether oxygens (including phenoxy) is 2. The van der Waals surface area contributed by atoms with Crippen LogP contribution in [0.2, 0.25) is 0 Å². The van der Waals surface area contributed by atoms with Gasteiger partial charge in [0.15, 0.2) is 0 Å². The Bertz CT molecular complexity index is 486. The van der Waals surface area contributed by atoms with Gasteiger partial charge in [0.25, 0.3) is 0 Å². The molecule has 7 nitrogen and oxygen atoms in total. The lowest BCUT2D eigenvalue weighted by atomic mass is 10.3. The van der Waals surface area contributed by atoms with Crippen LogP contribution in [-0.4, -0.2) is 93.2 Å². The molecule has 0 N–H and O–H groups in total. The lowest BCUT2D eigenvalue weighted by Gasteiger charge is -2.32. The van der Waals surface area contributed by atoms with Crippen molar-refractivity contribution in [3.05, 3.63) is 24.4 Å². The molecule has 0 atom stereocenters. The van der Waals surface area contributed by atoms with E-state index in [1.165, 1.54) is 12.2 Å². The van der Waals surface area contributed by atoms with Gasteiger partial charge in [0, 0.05) is 58.1 Å². The first kappa shape index (κ1) is 23.2. The molecule has 0 aliphatic carbocycles. The first-order chi connectivity index (χ1) is 13.0. The quantitative estimate of drug-likeness (QED) is 0.288. The Labute approximate surface area is 163 Å². The predicted octanol–water partition coefficient (Wildman–Crippen LogP) is 1.51. The maximum Gasteiger partial charge on any atom is 0.332 e. The Hall–Kier alpha value is -1.86. The number of carbonyl (C=O) groups is 2. The molecule has 154 valence electrons. The van der Waals surface area contributed by atoms with Crippen LogP contribution in [0.4, 0.5) is 0 Å². The number of piperazine rings is 1. The van der Waals surface area contributed by atoms with E-state index >= 15 is 0 Å². The molecule has 0 spiro atoms. The van der Waals surface area contributed by atoms with E-state index in [-0.39, 0.29) is 11.9 Å². The number of allylic oxidation sites excluding steroid dienone is 1. The van der Waals surface area contributed by atoms with Crippen LogP contribution < -0.4 is 0 Å². The van der Waals surface area contributed by atoms with Crippen molar-refractivity contribution in [1.82, 2.24) is 14.7 Å². The molecule has 1 fully saturated rings. The van der Waals surface area contributed by atoms with Crippen molar-refractivity contribution in [2.24, 2.45) is 0 Å². The molecule has 0 unspecified atom stereocenters. The Morgan fingerprint density at radius 1 is 0.963 bits per heavy atom. The maximum atomic E-state index is 11.7. The van der Waals surface area contributed by atoms with E-state index in [9.17, 15) is 9.59 Å². The summed E-state index contributed by atoms with van der Waals surface area (Å²) in [4.78, 5) is 29.6. The van der Waals surface area contributed by atoms with Gasteiger partial charge in [-0.3, -0.25) is 0 Å². The van der Waals surface area contributed by atoms with Crippen molar-refractivity contribution in [2.45, 2.75) is 26.2 Å². The monoisotopic (exact) mass is 381 g/mol. The minimum absolute atomic E-state index is 0.331. The standard InChI is InChI=1S/C20H35N3O4/c1-4-8-19(24)26-17-5-6-18-27-20(25)9-12-21(2)10-7-11-23-15-13-22(3)14-16-23/h4,8-9,12H,5-7,10-11,13-18H2,1-3H3/b8-4+,12-9+. The molecule has 0 aromatic heterocycles. The van der Waals surface area contributed by atoms with Crippen LogP contribution in [0.1, 0.15) is 26.2 Å². The van der Waals surface area contributed by atoms with Crippen LogP contribution in [0.15, 0.2) is 24.4 Å². The number of esters is 2. The molecule has 1 saturated heterocycles. The molecule has 0 amide bonds. The number of nitrogens with zero attached hydrogens (tertiary/aromatic N) is 3. The van der Waals surface area contributed by atoms with Gasteiger partial charge in [-0.05, 0) is 39.8 Å². The van der Waals surface area contributed by atoms with E-state index < -0.39 is 0 Å². The predicted molar refractivity (Wildman–Crippen MR) is 106 cm³/mol. The normalized spacial score (nSPS) is 16.1. The molecule has 1 aliphatic heterocycles. The highest BCUT2D eigenvalue weighted by atomic mass is 16.5. The van der Waals surface area contributed by atoms with Gasteiger partial charge in [0.05, 0.1) is 13.2 Å². The molecule has 27 heavy (non-hydrogen) atoms. The summed E-state index contributed by atoms with van der Waals surface area (Å²) >= 11 is 0. The average molecular weight is 382 g/mol. The van der Waals surface area contributed by atoms with E-state index in [0.29, 0.717) is 26.1 Å². The number of likely N-dealkylation sites (N-methyl/N-ethyl adjacent to an activating group) is 1. The van der Waals surface area contributed by atoms with Gasteiger partial charge in [-0.25, -0.2) is 9.59 Å². The third-order valence-corrected chi connectivity index (χ3v) is 4.38. The second-order valence-electron chi connectivity index (χ2n) is 6.84. The van der Waals surface area contributed by atoms with E-state index in [1.807, 2.05) is 11.9 Å². The van der Waals surface area contributed by atoms with Gasteiger partial charge >= 0.3 is 11.9 Å². The van der Waals surface area contributed by atoms with E-state index in [1.54, 1.807) is 19.2 Å². The van der Waals surface area contributed by atoms with Gasteiger partial charge in [0.1, 0.15) is 0 Å². The highest BCUT2D eigenvalue weighted by Gasteiger charge is 2.12. The molecule has 1 rings (SSSR count). The summed E-state index contributed by atoms with van der Waals surface area (Å²) < 4.78 is 10.1. The summed E-state index contributed by atoms with van der Waals surface area (Å²) in [5.74, 6) is -0.681. The second-order valence-corrected chi connectivity index (χ2v) is 6.84. The van der Waals surface area contributed by atoms with E-state index in [2.05, 4.69) is 16.8 Å². The fraction of sp³-hybridized carbons (Fsp3) is 0.700. The topological polar surface area (TPSA) is 62.3 Å². The lowest BCUT2D eigenvalue weighted by Crippen LogP contribution is -2.45. The Morgan fingerprint density at radius 3 is 2.15 bits per heavy atom. The Kier molecular flexibility index (Phi) is 12.2. The smallest absolute Gasteiger partial charge is 0.332 e. The summed E-state index contributed by atoms with van der Waals surface area (Å²) in [6.07, 6.45) is 8.67. The average Bonchev–Trinajstić information content (AvgIpc) is 2.64. The van der Waals surface area contributed by atoms with Crippen LogP contribution >= 0.6 is 0 Å². The zero-order chi connectivity index (χ0) is 19.9. The summed E-state index contributed by atoms with van der Waals surface area (Å²) in [5.41, 5.74) is 0. The fourth-order valence-electron chi connectivity index (χ4n) is 2.66. The molecule has 0 aromatic rings. The Morgan fingerprint density at radius 2 is 1.56 bits per heavy atom. The molecule has 0 bridgehead atoms. The maximum absolute atomic E-state index is 11.7. The number of rotatable bonds is 12. The van der Waals surface area contributed by atoms with E-state index in [0.717, 1.165) is 45.7 Å². The number of hydrogen-bond acceptors (Lipinski definition) is 7. The van der Waals surface area contributed by atoms with Crippen molar-refractivity contribution in [2.75, 3.05) is 66.6 Å². The van der Waals surface area contributed by atoms with Gasteiger partial charge in [-0.2, -0.15) is 0 Å². The molecular formula is C20H35N3O4. The number of unbranched alkanes of at least 4 members (excludes halogenated alkanes) is 1. The molecule has 1 heterocycles. The van der Waals surface area contributed by atoms with Crippen molar-refractivity contribution in [3.8, 4) is 0 Å². The SMILES string of the molecule is C/C=C/C(=O)OCCCCOC(=O)/C=C/N(C)CCCN1CCN(C)CC1. The zero-order valence-corrected chi connectivity index (χ0v) is 17.1. The summed E-state index contributed by atoms with van der Waals surface area (Å²) in [7, 11) is 4.13. The van der Waals surface area contributed by atoms with Crippen LogP contribution in [0.5, 0.6) is 0 Å². The molecule has 0 saturated carbocycles. The second kappa shape index (κ2) is 14.2. The van der Waals surface area contributed by atoms with Crippen molar-refractivity contribution in [3.63, 3.8) is 0 Å². The largest absolute Gasteiger partial charge is 0.463 e. The first-order valence-corrected chi connectivity index (χ1v) is 9.77. The third kappa shape index (κ3) is 12.2. The zero-order valence-electron chi connectivity index (χ0n) is 17.1. The van der Waals surface area contributed by atoms with Gasteiger partial charge in [-0.15, -0.1) is 0 Å². The van der Waals surface area contributed by atoms with Crippen LogP contribution in [0.25, 0.3) is 0 Å². The van der Waals surface area contributed by atoms with Crippen LogP contribution in [0.3, 0.4) is 0 Å². The molecule has 7 heteroatoms. The van der Waals surface area contributed by atoms with Gasteiger partial charge < -0.3 is 24.2 Å². The summed E-state index contributed by atoms with van der Waals surface area (Å²) in [6.45, 7) is 8.99.